The fourth-order valence-corrected chi connectivity index (χ4v) is 1.98. The number of benzene rings is 1. The summed E-state index contributed by atoms with van der Waals surface area (Å²) in [5, 5.41) is 3.34. The van der Waals surface area contributed by atoms with Gasteiger partial charge < -0.3 is 5.32 Å². The van der Waals surface area contributed by atoms with Crippen molar-refractivity contribution in [3.05, 3.63) is 47.9 Å². The highest BCUT2D eigenvalue weighted by Crippen LogP contribution is 2.20. The average Bonchev–Trinajstić information content (AvgIpc) is 2.45. The number of aromatic nitrogens is 2. The molecule has 0 atom stereocenters. The molecule has 0 bridgehead atoms. The van der Waals surface area contributed by atoms with Crippen molar-refractivity contribution in [3.8, 4) is 11.3 Å². The van der Waals surface area contributed by atoms with Crippen LogP contribution in [0.1, 0.15) is 45.0 Å². The SMILES string of the molecule is CC(C)NCc1nccc(-c2ccc(C(C)C)cc2)n1. The van der Waals surface area contributed by atoms with Gasteiger partial charge >= 0.3 is 0 Å². The van der Waals surface area contributed by atoms with E-state index in [1.807, 2.05) is 12.3 Å². The molecule has 1 heterocycles. The predicted molar refractivity (Wildman–Crippen MR) is 83.5 cm³/mol. The second kappa shape index (κ2) is 6.62. The summed E-state index contributed by atoms with van der Waals surface area (Å²) in [6.45, 7) is 9.35. The first-order valence-electron chi connectivity index (χ1n) is 7.22. The molecule has 0 unspecified atom stereocenters. The lowest BCUT2D eigenvalue weighted by Gasteiger charge is -2.09. The van der Waals surface area contributed by atoms with Crippen molar-refractivity contribution in [2.45, 2.75) is 46.2 Å². The van der Waals surface area contributed by atoms with Crippen LogP contribution in [-0.4, -0.2) is 16.0 Å². The molecular formula is C17H23N3. The Morgan fingerprint density at radius 3 is 2.30 bits per heavy atom. The third-order valence-corrected chi connectivity index (χ3v) is 3.25. The van der Waals surface area contributed by atoms with Gasteiger partial charge in [-0.2, -0.15) is 0 Å². The normalized spacial score (nSPS) is 11.3. The minimum Gasteiger partial charge on any atom is -0.308 e. The number of nitrogens with zero attached hydrogens (tertiary/aromatic N) is 2. The van der Waals surface area contributed by atoms with Gasteiger partial charge in [-0.3, -0.25) is 0 Å². The number of nitrogens with one attached hydrogen (secondary N) is 1. The van der Waals surface area contributed by atoms with Gasteiger partial charge in [0.2, 0.25) is 0 Å². The van der Waals surface area contributed by atoms with Crippen LogP contribution in [0.2, 0.25) is 0 Å². The molecule has 1 N–H and O–H groups in total. The van der Waals surface area contributed by atoms with Crippen molar-refractivity contribution >= 4 is 0 Å². The molecule has 1 aromatic carbocycles. The van der Waals surface area contributed by atoms with E-state index in [9.17, 15) is 0 Å². The van der Waals surface area contributed by atoms with Crippen molar-refractivity contribution in [2.75, 3.05) is 0 Å². The second-order valence-electron chi connectivity index (χ2n) is 5.67. The summed E-state index contributed by atoms with van der Waals surface area (Å²) < 4.78 is 0. The molecule has 0 aliphatic rings. The van der Waals surface area contributed by atoms with E-state index >= 15 is 0 Å². The number of hydrogen-bond donors (Lipinski definition) is 1. The number of hydrogen-bond acceptors (Lipinski definition) is 3. The van der Waals surface area contributed by atoms with Crippen molar-refractivity contribution < 1.29 is 0 Å². The Labute approximate surface area is 121 Å². The first-order valence-corrected chi connectivity index (χ1v) is 7.22. The monoisotopic (exact) mass is 269 g/mol. The summed E-state index contributed by atoms with van der Waals surface area (Å²) in [6.07, 6.45) is 1.83. The molecule has 106 valence electrons. The zero-order valence-electron chi connectivity index (χ0n) is 12.7. The first-order chi connectivity index (χ1) is 9.56. The summed E-state index contributed by atoms with van der Waals surface area (Å²) in [5.74, 6) is 1.39. The third-order valence-electron chi connectivity index (χ3n) is 3.25. The maximum absolute atomic E-state index is 4.62. The van der Waals surface area contributed by atoms with Crippen molar-refractivity contribution in [2.24, 2.45) is 0 Å². The smallest absolute Gasteiger partial charge is 0.142 e. The highest BCUT2D eigenvalue weighted by Gasteiger charge is 2.04. The topological polar surface area (TPSA) is 37.8 Å². The summed E-state index contributed by atoms with van der Waals surface area (Å²) in [6, 6.07) is 11.0. The molecular weight excluding hydrogens is 246 g/mol. The van der Waals surface area contributed by atoms with E-state index in [2.05, 4.69) is 67.2 Å². The molecule has 0 aliphatic heterocycles. The largest absolute Gasteiger partial charge is 0.308 e. The van der Waals surface area contributed by atoms with Crippen LogP contribution in [-0.2, 0) is 6.54 Å². The van der Waals surface area contributed by atoms with Crippen LogP contribution in [0.15, 0.2) is 36.5 Å². The highest BCUT2D eigenvalue weighted by molar-refractivity contribution is 5.59. The van der Waals surface area contributed by atoms with Gasteiger partial charge in [-0.05, 0) is 17.5 Å². The van der Waals surface area contributed by atoms with Gasteiger partial charge in [0.25, 0.3) is 0 Å². The van der Waals surface area contributed by atoms with Crippen LogP contribution in [0.4, 0.5) is 0 Å². The zero-order chi connectivity index (χ0) is 14.5. The summed E-state index contributed by atoms with van der Waals surface area (Å²) in [4.78, 5) is 8.92. The van der Waals surface area contributed by atoms with Crippen molar-refractivity contribution in [3.63, 3.8) is 0 Å². The average molecular weight is 269 g/mol. The van der Waals surface area contributed by atoms with Crippen LogP contribution in [0.3, 0.4) is 0 Å². The molecule has 0 saturated heterocycles. The van der Waals surface area contributed by atoms with Crippen molar-refractivity contribution in [1.82, 2.24) is 15.3 Å². The Balaban J connectivity index is 2.17. The molecule has 3 nitrogen and oxygen atoms in total. The van der Waals surface area contributed by atoms with Crippen LogP contribution in [0, 0.1) is 0 Å². The first kappa shape index (κ1) is 14.7. The second-order valence-corrected chi connectivity index (χ2v) is 5.67. The zero-order valence-corrected chi connectivity index (χ0v) is 12.7. The van der Waals surface area contributed by atoms with Gasteiger partial charge in [0.05, 0.1) is 12.2 Å². The van der Waals surface area contributed by atoms with E-state index in [1.54, 1.807) is 0 Å². The van der Waals surface area contributed by atoms with Gasteiger partial charge in [0.15, 0.2) is 0 Å². The Morgan fingerprint density at radius 2 is 1.70 bits per heavy atom. The van der Waals surface area contributed by atoms with Crippen LogP contribution < -0.4 is 5.32 Å². The summed E-state index contributed by atoms with van der Waals surface area (Å²) in [7, 11) is 0. The Morgan fingerprint density at radius 1 is 1.00 bits per heavy atom. The maximum atomic E-state index is 4.62. The lowest BCUT2D eigenvalue weighted by Crippen LogP contribution is -2.23. The minimum atomic E-state index is 0.438. The van der Waals surface area contributed by atoms with Crippen LogP contribution >= 0.6 is 0 Å². The summed E-state index contributed by atoms with van der Waals surface area (Å²) in [5.41, 5.74) is 3.47. The fourth-order valence-electron chi connectivity index (χ4n) is 1.98. The Hall–Kier alpha value is -1.74. The molecule has 2 rings (SSSR count). The molecule has 2 aromatic rings. The van der Waals surface area contributed by atoms with E-state index in [1.165, 1.54) is 5.56 Å². The third kappa shape index (κ3) is 3.87. The Kier molecular flexibility index (Phi) is 4.85. The van der Waals surface area contributed by atoms with Crippen molar-refractivity contribution in [1.29, 1.82) is 0 Å². The maximum Gasteiger partial charge on any atom is 0.142 e. The van der Waals surface area contributed by atoms with E-state index in [-0.39, 0.29) is 0 Å². The van der Waals surface area contributed by atoms with Gasteiger partial charge in [-0.25, -0.2) is 9.97 Å². The predicted octanol–water partition coefficient (Wildman–Crippen LogP) is 3.77. The molecule has 0 spiro atoms. The fraction of sp³-hybridized carbons (Fsp3) is 0.412. The molecule has 0 fully saturated rings. The lowest BCUT2D eigenvalue weighted by atomic mass is 10.0. The van der Waals surface area contributed by atoms with E-state index in [4.69, 9.17) is 0 Å². The Bertz CT molecular complexity index is 544. The summed E-state index contributed by atoms with van der Waals surface area (Å²) >= 11 is 0. The van der Waals surface area contributed by atoms with E-state index in [0.29, 0.717) is 18.5 Å². The van der Waals surface area contributed by atoms with E-state index < -0.39 is 0 Å². The molecule has 0 radical (unpaired) electrons. The molecule has 0 saturated carbocycles. The molecule has 0 aliphatic carbocycles. The quantitative estimate of drug-likeness (QED) is 0.898. The van der Waals surface area contributed by atoms with E-state index in [0.717, 1.165) is 17.1 Å². The van der Waals surface area contributed by atoms with Crippen LogP contribution in [0.5, 0.6) is 0 Å². The van der Waals surface area contributed by atoms with Gasteiger partial charge in [0, 0.05) is 17.8 Å². The molecule has 1 aromatic heterocycles. The minimum absolute atomic E-state index is 0.438. The molecule has 0 amide bonds. The van der Waals surface area contributed by atoms with Gasteiger partial charge in [-0.15, -0.1) is 0 Å². The number of rotatable bonds is 5. The van der Waals surface area contributed by atoms with Gasteiger partial charge in [0.1, 0.15) is 5.82 Å². The lowest BCUT2D eigenvalue weighted by molar-refractivity contribution is 0.572. The van der Waals surface area contributed by atoms with Crippen LogP contribution in [0.25, 0.3) is 11.3 Å². The highest BCUT2D eigenvalue weighted by atomic mass is 15.0. The molecule has 20 heavy (non-hydrogen) atoms. The standard InChI is InChI=1S/C17H23N3/c1-12(2)14-5-7-15(8-6-14)16-9-10-18-17(20-16)11-19-13(3)4/h5-10,12-13,19H,11H2,1-4H3. The van der Waals surface area contributed by atoms with Gasteiger partial charge in [-0.1, -0.05) is 52.0 Å². The molecule has 3 heteroatoms.